The van der Waals surface area contributed by atoms with Crippen LogP contribution in [0.1, 0.15) is 30.9 Å². The first-order valence-corrected chi connectivity index (χ1v) is 11.9. The van der Waals surface area contributed by atoms with Gasteiger partial charge in [-0.05, 0) is 58.8 Å². The molecule has 0 bridgehead atoms. The third-order valence-corrected chi connectivity index (χ3v) is 7.52. The molecule has 6 nitrogen and oxygen atoms in total. The van der Waals surface area contributed by atoms with Crippen molar-refractivity contribution in [1.82, 2.24) is 14.9 Å². The Morgan fingerprint density at radius 3 is 2.50 bits per heavy atom. The Kier molecular flexibility index (Phi) is 7.09. The SMILES string of the molecule is CN=C(NCc1ccc(S(=O)(=O)N2CCCC(C)C2)cc1)NCc1ccsc1. The molecule has 28 heavy (non-hydrogen) atoms. The Morgan fingerprint density at radius 1 is 1.18 bits per heavy atom. The van der Waals surface area contributed by atoms with Crippen molar-refractivity contribution in [2.24, 2.45) is 10.9 Å². The first-order valence-electron chi connectivity index (χ1n) is 9.53. The minimum Gasteiger partial charge on any atom is -0.352 e. The fourth-order valence-electron chi connectivity index (χ4n) is 3.28. The largest absolute Gasteiger partial charge is 0.352 e. The summed E-state index contributed by atoms with van der Waals surface area (Å²) in [6.07, 6.45) is 2.03. The van der Waals surface area contributed by atoms with Crippen molar-refractivity contribution in [2.75, 3.05) is 20.1 Å². The second-order valence-corrected chi connectivity index (χ2v) is 9.88. The van der Waals surface area contributed by atoms with E-state index in [0.717, 1.165) is 18.4 Å². The number of hydrogen-bond acceptors (Lipinski definition) is 4. The average molecular weight is 421 g/mol. The molecule has 0 saturated carbocycles. The highest BCUT2D eigenvalue weighted by Crippen LogP contribution is 2.23. The molecule has 1 aromatic carbocycles. The molecule has 152 valence electrons. The maximum Gasteiger partial charge on any atom is 0.243 e. The molecule has 0 spiro atoms. The zero-order chi connectivity index (χ0) is 20.0. The monoisotopic (exact) mass is 420 g/mol. The van der Waals surface area contributed by atoms with Gasteiger partial charge in [0.25, 0.3) is 0 Å². The van der Waals surface area contributed by atoms with Crippen LogP contribution in [0.15, 0.2) is 51.0 Å². The summed E-state index contributed by atoms with van der Waals surface area (Å²) in [6, 6.07) is 9.20. The molecule has 0 aliphatic carbocycles. The summed E-state index contributed by atoms with van der Waals surface area (Å²) < 4.78 is 27.3. The van der Waals surface area contributed by atoms with E-state index in [1.165, 1.54) is 5.56 Å². The molecule has 1 saturated heterocycles. The van der Waals surface area contributed by atoms with E-state index in [-0.39, 0.29) is 0 Å². The molecule has 1 fully saturated rings. The molecular formula is C20H28N4O2S2. The molecule has 1 unspecified atom stereocenters. The van der Waals surface area contributed by atoms with Crippen LogP contribution in [0.25, 0.3) is 0 Å². The highest BCUT2D eigenvalue weighted by Gasteiger charge is 2.28. The number of nitrogens with zero attached hydrogens (tertiary/aromatic N) is 2. The molecule has 0 amide bonds. The Balaban J connectivity index is 1.56. The van der Waals surface area contributed by atoms with Gasteiger partial charge in [0, 0.05) is 33.2 Å². The fourth-order valence-corrected chi connectivity index (χ4v) is 5.55. The number of hydrogen-bond donors (Lipinski definition) is 2. The standard InChI is InChI=1S/C20H28N4O2S2/c1-16-4-3-10-24(14-16)28(25,26)19-7-5-17(6-8-19)12-22-20(21-2)23-13-18-9-11-27-15-18/h5-9,11,15-16H,3-4,10,12-14H2,1-2H3,(H2,21,22,23). The van der Waals surface area contributed by atoms with E-state index in [2.05, 4.69) is 34.0 Å². The summed E-state index contributed by atoms with van der Waals surface area (Å²) in [4.78, 5) is 4.59. The highest BCUT2D eigenvalue weighted by molar-refractivity contribution is 7.89. The third-order valence-electron chi connectivity index (χ3n) is 4.90. The van der Waals surface area contributed by atoms with Gasteiger partial charge in [0.05, 0.1) is 4.90 Å². The summed E-state index contributed by atoms with van der Waals surface area (Å²) in [6.45, 7) is 4.62. The van der Waals surface area contributed by atoms with E-state index in [9.17, 15) is 8.42 Å². The van der Waals surface area contributed by atoms with Crippen molar-refractivity contribution in [3.05, 3.63) is 52.2 Å². The Labute approximate surface area is 171 Å². The molecule has 2 heterocycles. The summed E-state index contributed by atoms with van der Waals surface area (Å²) in [5.41, 5.74) is 2.22. The molecular weight excluding hydrogens is 392 g/mol. The smallest absolute Gasteiger partial charge is 0.243 e. The Morgan fingerprint density at radius 2 is 1.89 bits per heavy atom. The maximum atomic E-state index is 12.8. The van der Waals surface area contributed by atoms with Crippen molar-refractivity contribution in [3.63, 3.8) is 0 Å². The molecule has 8 heteroatoms. The van der Waals surface area contributed by atoms with Crippen molar-refractivity contribution < 1.29 is 8.42 Å². The number of guanidine groups is 1. The maximum absolute atomic E-state index is 12.8. The van der Waals surface area contributed by atoms with Crippen LogP contribution in [-0.4, -0.2) is 38.8 Å². The van der Waals surface area contributed by atoms with Crippen molar-refractivity contribution in [2.45, 2.75) is 37.8 Å². The van der Waals surface area contributed by atoms with Gasteiger partial charge >= 0.3 is 0 Å². The van der Waals surface area contributed by atoms with E-state index in [1.807, 2.05) is 17.5 Å². The van der Waals surface area contributed by atoms with E-state index < -0.39 is 10.0 Å². The van der Waals surface area contributed by atoms with Gasteiger partial charge < -0.3 is 10.6 Å². The van der Waals surface area contributed by atoms with Crippen LogP contribution >= 0.6 is 11.3 Å². The number of rotatable bonds is 6. The number of piperidine rings is 1. The normalized spacial score (nSPS) is 18.8. The quantitative estimate of drug-likeness (QED) is 0.556. The highest BCUT2D eigenvalue weighted by atomic mass is 32.2. The van der Waals surface area contributed by atoms with E-state index in [0.29, 0.717) is 43.0 Å². The van der Waals surface area contributed by atoms with Gasteiger partial charge in [0.1, 0.15) is 0 Å². The van der Waals surface area contributed by atoms with Crippen LogP contribution in [0.5, 0.6) is 0 Å². The van der Waals surface area contributed by atoms with Gasteiger partial charge in [0.2, 0.25) is 10.0 Å². The van der Waals surface area contributed by atoms with E-state index in [1.54, 1.807) is 34.8 Å². The summed E-state index contributed by atoms with van der Waals surface area (Å²) in [5.74, 6) is 1.13. The minimum atomic E-state index is -3.40. The van der Waals surface area contributed by atoms with Crippen LogP contribution in [-0.2, 0) is 23.1 Å². The number of benzene rings is 1. The van der Waals surface area contributed by atoms with Crippen molar-refractivity contribution in [1.29, 1.82) is 0 Å². The van der Waals surface area contributed by atoms with Crippen LogP contribution in [0.3, 0.4) is 0 Å². The number of sulfonamides is 1. The fraction of sp³-hybridized carbons (Fsp3) is 0.450. The number of nitrogens with one attached hydrogen (secondary N) is 2. The van der Waals surface area contributed by atoms with Gasteiger partial charge in [-0.2, -0.15) is 15.6 Å². The van der Waals surface area contributed by atoms with Crippen LogP contribution < -0.4 is 10.6 Å². The summed E-state index contributed by atoms with van der Waals surface area (Å²) >= 11 is 1.67. The van der Waals surface area contributed by atoms with Crippen LogP contribution in [0.2, 0.25) is 0 Å². The molecule has 3 rings (SSSR count). The lowest BCUT2D eigenvalue weighted by Gasteiger charge is -2.30. The lowest BCUT2D eigenvalue weighted by atomic mass is 10.0. The second-order valence-electron chi connectivity index (χ2n) is 7.17. The van der Waals surface area contributed by atoms with Gasteiger partial charge in [0.15, 0.2) is 5.96 Å². The topological polar surface area (TPSA) is 73.8 Å². The summed E-state index contributed by atoms with van der Waals surface area (Å²) in [7, 11) is -1.67. The van der Waals surface area contributed by atoms with Crippen LogP contribution in [0, 0.1) is 5.92 Å². The molecule has 2 aromatic rings. The zero-order valence-electron chi connectivity index (χ0n) is 16.4. The third kappa shape index (κ3) is 5.33. The van der Waals surface area contributed by atoms with Gasteiger partial charge in [-0.25, -0.2) is 8.42 Å². The second kappa shape index (κ2) is 9.54. The lowest BCUT2D eigenvalue weighted by Crippen LogP contribution is -2.39. The first kappa shape index (κ1) is 20.8. The molecule has 0 radical (unpaired) electrons. The predicted molar refractivity (Wildman–Crippen MR) is 115 cm³/mol. The molecule has 1 aliphatic rings. The summed E-state index contributed by atoms with van der Waals surface area (Å²) in [5, 5.41) is 10.7. The van der Waals surface area contributed by atoms with Crippen LogP contribution in [0.4, 0.5) is 0 Å². The lowest BCUT2D eigenvalue weighted by molar-refractivity contribution is 0.281. The Bertz CT molecular complexity index is 877. The van der Waals surface area contributed by atoms with Crippen molar-refractivity contribution >= 4 is 27.3 Å². The van der Waals surface area contributed by atoms with Gasteiger partial charge in [-0.15, -0.1) is 0 Å². The van der Waals surface area contributed by atoms with Crippen molar-refractivity contribution in [3.8, 4) is 0 Å². The first-order chi connectivity index (χ1) is 13.5. The number of aliphatic imine (C=N–C) groups is 1. The van der Waals surface area contributed by atoms with E-state index >= 15 is 0 Å². The molecule has 2 N–H and O–H groups in total. The minimum absolute atomic E-state index is 0.366. The Hall–Kier alpha value is -1.90. The number of thiophene rings is 1. The molecule has 1 aliphatic heterocycles. The van der Waals surface area contributed by atoms with Gasteiger partial charge in [-0.3, -0.25) is 4.99 Å². The average Bonchev–Trinajstić information content (AvgIpc) is 3.22. The predicted octanol–water partition coefficient (Wildman–Crippen LogP) is 3.03. The molecule has 1 atom stereocenters. The van der Waals surface area contributed by atoms with Gasteiger partial charge in [-0.1, -0.05) is 19.1 Å². The van der Waals surface area contributed by atoms with E-state index in [4.69, 9.17) is 0 Å². The zero-order valence-corrected chi connectivity index (χ0v) is 18.0. The molecule has 1 aromatic heterocycles.